The fraction of sp³-hybridized carbons (Fsp3) is 0.600. The van der Waals surface area contributed by atoms with Crippen LogP contribution in [0, 0.1) is 0 Å². The number of benzene rings is 2. The number of fused-ring (bicyclic) bond motifs is 1. The third-order valence-electron chi connectivity index (χ3n) is 11.6. The number of nitrogens with one attached hydrogen (secondary N) is 1. The first-order chi connectivity index (χ1) is 28.1. The third kappa shape index (κ3) is 12.0. The summed E-state index contributed by atoms with van der Waals surface area (Å²) in [6, 6.07) is 12.3. The van der Waals surface area contributed by atoms with Gasteiger partial charge in [0.1, 0.15) is 17.1 Å². The number of aromatic nitrogens is 1. The van der Waals surface area contributed by atoms with Crippen molar-refractivity contribution >= 4 is 34.7 Å². The Balaban J connectivity index is 0.837. The molecule has 0 radical (unpaired) electrons. The lowest BCUT2D eigenvalue weighted by atomic mass is 9.89. The summed E-state index contributed by atoms with van der Waals surface area (Å²) in [5.74, 6) is 0.800. The van der Waals surface area contributed by atoms with E-state index in [9.17, 15) is 19.5 Å². The molecule has 316 valence electrons. The second-order valence-corrected chi connectivity index (χ2v) is 17.2. The lowest BCUT2D eigenvalue weighted by Gasteiger charge is -2.47. The molecule has 3 aromatic rings. The zero-order valence-electron chi connectivity index (χ0n) is 34.8. The maximum atomic E-state index is 13.3. The van der Waals surface area contributed by atoms with Crippen LogP contribution < -0.4 is 10.1 Å². The van der Waals surface area contributed by atoms with Gasteiger partial charge < -0.3 is 39.3 Å². The van der Waals surface area contributed by atoms with E-state index in [1.54, 1.807) is 17.4 Å². The molecule has 2 N–H and O–H groups in total. The highest BCUT2D eigenvalue weighted by Crippen LogP contribution is 2.39. The van der Waals surface area contributed by atoms with Crippen LogP contribution in [0.1, 0.15) is 110 Å². The Bertz CT molecular complexity index is 1810. The molecule has 2 fully saturated rings. The van der Waals surface area contributed by atoms with Crippen molar-refractivity contribution in [1.29, 1.82) is 0 Å². The molecule has 12 nitrogen and oxygen atoms in total. The number of carbonyl (C=O) groups is 3. The Morgan fingerprint density at radius 3 is 2.48 bits per heavy atom. The standard InChI is InChI=1S/C45H63N5O7S/c1-4-5-21-49(22-8-6-7-9-36-14-15-38(51)41-42(36)56-30-39(52)47-41)40(53)18-28-55-27-17-35-12-10-34(11-13-35)16-23-48-24-19-45(20-25-48)32-50(26-29-57-45)44(54)37-31-58-43(46-37)33(2)3/h10-15,31,33,51H,4-9,16-30,32H2,1-3H3,(H,47,52). The number of nitrogens with zero attached hydrogens (tertiary/aromatic N) is 4. The van der Waals surface area contributed by atoms with E-state index in [-0.39, 0.29) is 35.7 Å². The first kappa shape index (κ1) is 43.5. The number of phenols is 1. The topological polar surface area (TPSA) is 134 Å². The number of ether oxygens (including phenoxy) is 3. The van der Waals surface area contributed by atoms with Crippen molar-refractivity contribution in [2.45, 2.75) is 103 Å². The van der Waals surface area contributed by atoms with Crippen LogP contribution >= 0.6 is 11.3 Å². The van der Waals surface area contributed by atoms with Crippen LogP contribution in [0.15, 0.2) is 41.8 Å². The van der Waals surface area contributed by atoms with Gasteiger partial charge in [-0.3, -0.25) is 14.4 Å². The molecule has 0 atom stereocenters. The zero-order valence-corrected chi connectivity index (χ0v) is 35.6. The smallest absolute Gasteiger partial charge is 0.273 e. The number of aryl methyl sites for hydroxylation is 1. The van der Waals surface area contributed by atoms with E-state index in [1.165, 1.54) is 11.1 Å². The molecule has 0 saturated carbocycles. The van der Waals surface area contributed by atoms with Gasteiger partial charge in [0.25, 0.3) is 11.8 Å². The summed E-state index contributed by atoms with van der Waals surface area (Å²) in [4.78, 5) is 49.1. The number of phenolic OH excluding ortho intramolecular Hbond substituents is 1. The number of rotatable bonds is 20. The lowest BCUT2D eigenvalue weighted by Crippen LogP contribution is -2.58. The highest BCUT2D eigenvalue weighted by atomic mass is 32.1. The summed E-state index contributed by atoms with van der Waals surface area (Å²) in [5, 5.41) is 15.7. The number of aromatic hydroxyl groups is 1. The molecule has 2 aromatic carbocycles. The Kier molecular flexibility index (Phi) is 16.0. The van der Waals surface area contributed by atoms with Crippen LogP contribution in [-0.2, 0) is 38.3 Å². The van der Waals surface area contributed by atoms with E-state index < -0.39 is 0 Å². The average molecular weight is 818 g/mol. The monoisotopic (exact) mass is 817 g/mol. The summed E-state index contributed by atoms with van der Waals surface area (Å²) in [5.41, 5.74) is 4.18. The van der Waals surface area contributed by atoms with Crippen LogP contribution in [-0.4, -0.2) is 120 Å². The number of hydrogen-bond acceptors (Lipinski definition) is 10. The number of unbranched alkanes of at least 4 members (excludes halogenated alkanes) is 3. The minimum Gasteiger partial charge on any atom is -0.506 e. The predicted octanol–water partition coefficient (Wildman–Crippen LogP) is 6.84. The summed E-state index contributed by atoms with van der Waals surface area (Å²) in [7, 11) is 0. The van der Waals surface area contributed by atoms with Gasteiger partial charge in [-0.25, -0.2) is 4.98 Å². The minimum atomic E-state index is -0.268. The van der Waals surface area contributed by atoms with E-state index in [4.69, 9.17) is 14.2 Å². The van der Waals surface area contributed by atoms with Crippen LogP contribution in [0.4, 0.5) is 5.69 Å². The molecule has 3 amide bonds. The average Bonchev–Trinajstić information content (AvgIpc) is 3.74. The van der Waals surface area contributed by atoms with Crippen LogP contribution in [0.5, 0.6) is 11.5 Å². The Hall–Kier alpha value is -4.04. The summed E-state index contributed by atoms with van der Waals surface area (Å²) >= 11 is 1.57. The number of piperidine rings is 1. The Morgan fingerprint density at radius 1 is 0.983 bits per heavy atom. The number of amides is 3. The number of carbonyl (C=O) groups excluding carboxylic acids is 3. The van der Waals surface area contributed by atoms with Gasteiger partial charge in [0, 0.05) is 50.6 Å². The fourth-order valence-electron chi connectivity index (χ4n) is 8.00. The van der Waals surface area contributed by atoms with E-state index in [0.29, 0.717) is 62.4 Å². The fourth-order valence-corrected chi connectivity index (χ4v) is 8.81. The maximum absolute atomic E-state index is 13.3. The van der Waals surface area contributed by atoms with Crippen molar-refractivity contribution in [3.8, 4) is 11.5 Å². The molecule has 0 unspecified atom stereocenters. The molecule has 6 rings (SSSR count). The van der Waals surface area contributed by atoms with Gasteiger partial charge in [0.15, 0.2) is 12.4 Å². The molecular weight excluding hydrogens is 755 g/mol. The van der Waals surface area contributed by atoms with Crippen molar-refractivity contribution in [2.75, 3.05) is 77.6 Å². The summed E-state index contributed by atoms with van der Waals surface area (Å²) < 4.78 is 17.9. The highest BCUT2D eigenvalue weighted by molar-refractivity contribution is 7.09. The number of hydrogen-bond donors (Lipinski definition) is 2. The van der Waals surface area contributed by atoms with E-state index >= 15 is 0 Å². The van der Waals surface area contributed by atoms with Crippen molar-refractivity contribution in [2.24, 2.45) is 0 Å². The van der Waals surface area contributed by atoms with E-state index in [0.717, 1.165) is 108 Å². The van der Waals surface area contributed by atoms with Gasteiger partial charge in [-0.2, -0.15) is 0 Å². The molecule has 1 aromatic heterocycles. The highest BCUT2D eigenvalue weighted by Gasteiger charge is 2.41. The van der Waals surface area contributed by atoms with Gasteiger partial charge in [-0.1, -0.05) is 63.9 Å². The number of thiazole rings is 1. The first-order valence-electron chi connectivity index (χ1n) is 21.4. The van der Waals surface area contributed by atoms with Gasteiger partial charge in [-0.15, -0.1) is 11.3 Å². The normalized spacial score (nSPS) is 16.6. The summed E-state index contributed by atoms with van der Waals surface area (Å²) in [6.45, 7) is 13.6. The van der Waals surface area contributed by atoms with E-state index in [1.807, 2.05) is 21.2 Å². The van der Waals surface area contributed by atoms with Crippen molar-refractivity contribution in [3.05, 3.63) is 69.2 Å². The third-order valence-corrected chi connectivity index (χ3v) is 12.8. The molecule has 1 spiro atoms. The van der Waals surface area contributed by atoms with Gasteiger partial charge >= 0.3 is 0 Å². The van der Waals surface area contributed by atoms with Crippen molar-refractivity contribution in [1.82, 2.24) is 19.7 Å². The first-order valence-corrected chi connectivity index (χ1v) is 22.3. The molecular formula is C45H63N5O7S. The number of likely N-dealkylation sites (tertiary alicyclic amines) is 1. The summed E-state index contributed by atoms with van der Waals surface area (Å²) in [6.07, 6.45) is 9.62. The molecule has 0 aliphatic carbocycles. The zero-order chi connectivity index (χ0) is 40.9. The SMILES string of the molecule is CCCCN(CCCCCc1ccc(O)c2c1OCC(=O)N2)C(=O)CCOCCc1ccc(CCN2CCC3(CC2)CN(C(=O)c2csc(C(C)C)n2)CCO3)cc1. The Labute approximate surface area is 348 Å². The quantitative estimate of drug-likeness (QED) is 0.0929. The maximum Gasteiger partial charge on any atom is 0.273 e. The van der Waals surface area contributed by atoms with E-state index in [2.05, 4.69) is 60.2 Å². The van der Waals surface area contributed by atoms with Crippen LogP contribution in [0.25, 0.3) is 0 Å². The minimum absolute atomic E-state index is 0.0116. The molecule has 3 aliphatic heterocycles. The van der Waals surface area contributed by atoms with Crippen molar-refractivity contribution < 1.29 is 33.7 Å². The van der Waals surface area contributed by atoms with Crippen molar-refractivity contribution in [3.63, 3.8) is 0 Å². The second kappa shape index (κ2) is 21.3. The molecule has 0 bridgehead atoms. The molecule has 4 heterocycles. The number of anilines is 1. The molecule has 3 aliphatic rings. The van der Waals surface area contributed by atoms with Gasteiger partial charge in [0.2, 0.25) is 5.91 Å². The van der Waals surface area contributed by atoms with Crippen LogP contribution in [0.3, 0.4) is 0 Å². The molecule has 2 saturated heterocycles. The molecule has 58 heavy (non-hydrogen) atoms. The number of morpholine rings is 1. The van der Waals surface area contributed by atoms with Gasteiger partial charge in [-0.05, 0) is 74.1 Å². The predicted molar refractivity (Wildman–Crippen MR) is 227 cm³/mol. The second-order valence-electron chi connectivity index (χ2n) is 16.3. The lowest BCUT2D eigenvalue weighted by molar-refractivity contribution is -0.132. The molecule has 13 heteroatoms. The van der Waals surface area contributed by atoms with Crippen LogP contribution in [0.2, 0.25) is 0 Å². The van der Waals surface area contributed by atoms with Gasteiger partial charge in [0.05, 0.1) is 43.4 Å². The largest absolute Gasteiger partial charge is 0.506 e. The Morgan fingerprint density at radius 2 is 1.74 bits per heavy atom.